The first-order valence-electron chi connectivity index (χ1n) is 21.6. The number of amides is 4. The molecule has 63 heavy (non-hydrogen) atoms. The third-order valence-electron chi connectivity index (χ3n) is 10.6. The third kappa shape index (κ3) is 16.8. The number of anilines is 2. The molecule has 16 heteroatoms. The Balaban J connectivity index is 0.000000310. The molecule has 16 nitrogen and oxygen atoms in total. The van der Waals surface area contributed by atoms with Crippen LogP contribution in [0.25, 0.3) is 0 Å². The molecule has 3 N–H and O–H groups in total. The van der Waals surface area contributed by atoms with Crippen LogP contribution in [0.1, 0.15) is 100 Å². The summed E-state index contributed by atoms with van der Waals surface area (Å²) >= 11 is 0. The number of carboxylic acids is 1. The Kier molecular flexibility index (Phi) is 21.2. The van der Waals surface area contributed by atoms with Gasteiger partial charge < -0.3 is 34.3 Å². The Bertz CT molecular complexity index is 1880. The minimum absolute atomic E-state index is 0.150. The summed E-state index contributed by atoms with van der Waals surface area (Å²) in [7, 11) is 3.22. The lowest BCUT2D eigenvalue weighted by molar-refractivity contribution is -0.147. The number of rotatable bonds is 18. The van der Waals surface area contributed by atoms with Crippen LogP contribution in [-0.4, -0.2) is 115 Å². The van der Waals surface area contributed by atoms with Crippen molar-refractivity contribution in [2.75, 3.05) is 56.9 Å². The minimum atomic E-state index is -1.57. The number of allylic oxidation sites excluding steroid dienone is 2. The maximum absolute atomic E-state index is 12.6. The van der Waals surface area contributed by atoms with E-state index in [0.29, 0.717) is 43.2 Å². The highest BCUT2D eigenvalue weighted by Gasteiger charge is 2.24. The fourth-order valence-corrected chi connectivity index (χ4v) is 6.79. The Hall–Kier alpha value is -5.68. The van der Waals surface area contributed by atoms with Crippen molar-refractivity contribution >= 4 is 47.1 Å². The summed E-state index contributed by atoms with van der Waals surface area (Å²) in [5.74, 6) is -2.31. The van der Waals surface area contributed by atoms with Gasteiger partial charge in [-0.2, -0.15) is 0 Å². The van der Waals surface area contributed by atoms with E-state index in [-0.39, 0.29) is 54.9 Å². The second-order valence-electron chi connectivity index (χ2n) is 15.4. The number of aliphatic carboxylic acids is 1. The van der Waals surface area contributed by atoms with Crippen LogP contribution >= 0.6 is 0 Å². The van der Waals surface area contributed by atoms with Gasteiger partial charge in [0.15, 0.2) is 11.9 Å². The zero-order chi connectivity index (χ0) is 45.6. The predicted octanol–water partition coefficient (Wildman–Crippen LogP) is 6.76. The second kappa shape index (κ2) is 26.7. The summed E-state index contributed by atoms with van der Waals surface area (Å²) in [6.07, 6.45) is 17.2. The van der Waals surface area contributed by atoms with Crippen molar-refractivity contribution in [2.45, 2.75) is 101 Å². The van der Waals surface area contributed by atoms with Crippen molar-refractivity contribution in [3.8, 4) is 0 Å². The second-order valence-corrected chi connectivity index (χ2v) is 15.4. The number of aliphatic hydroxyl groups excluding tert-OH is 2. The van der Waals surface area contributed by atoms with E-state index < -0.39 is 30.4 Å². The van der Waals surface area contributed by atoms with Gasteiger partial charge in [-0.15, -0.1) is 0 Å². The van der Waals surface area contributed by atoms with E-state index in [9.17, 15) is 39.0 Å². The monoisotopic (exact) mass is 875 g/mol. The van der Waals surface area contributed by atoms with Gasteiger partial charge in [0.2, 0.25) is 0 Å². The molecule has 3 aliphatic rings. The highest BCUT2D eigenvalue weighted by Crippen LogP contribution is 2.24. The van der Waals surface area contributed by atoms with Crippen molar-refractivity contribution in [1.82, 2.24) is 4.90 Å². The number of imide groups is 1. The number of hydrogen-bond donors (Lipinski definition) is 3. The molecule has 0 saturated heterocycles. The third-order valence-corrected chi connectivity index (χ3v) is 10.6. The quantitative estimate of drug-likeness (QED) is 0.0805. The molecule has 342 valence electrons. The number of carboxylic acid groups (broad SMARTS) is 1. The molecule has 0 unspecified atom stereocenters. The summed E-state index contributed by atoms with van der Waals surface area (Å²) < 4.78 is 22.0. The number of benzene rings is 2. The zero-order valence-electron chi connectivity index (χ0n) is 36.2. The maximum atomic E-state index is 12.6. The molecule has 4 atom stereocenters. The van der Waals surface area contributed by atoms with Gasteiger partial charge in [0.25, 0.3) is 11.8 Å². The average molecular weight is 876 g/mol. The first-order valence-corrected chi connectivity index (χ1v) is 21.6. The van der Waals surface area contributed by atoms with Crippen molar-refractivity contribution in [3.05, 3.63) is 96.1 Å². The smallest absolute Gasteiger partial charge is 0.414 e. The van der Waals surface area contributed by atoms with E-state index in [1.807, 2.05) is 12.2 Å². The average Bonchev–Trinajstić information content (AvgIpc) is 3.59. The minimum Gasteiger partial charge on any atom is -0.479 e. The number of nitrogens with zero attached hydrogens (tertiary/aromatic N) is 3. The van der Waals surface area contributed by atoms with E-state index in [4.69, 9.17) is 24.1 Å². The number of carbonyl (C=O) groups excluding carboxylic acids is 5. The Morgan fingerprint density at radius 2 is 1.11 bits per heavy atom. The van der Waals surface area contributed by atoms with Crippen LogP contribution < -0.4 is 9.80 Å². The highest BCUT2D eigenvalue weighted by molar-refractivity contribution is 6.12. The standard InChI is InChI=1S/C29H38N2O8.C18H23NO5/c1-30(29(36)39-24-8-5-3-2-4-6-9-24)23-13-11-22(12-14-23)28(35)25(32)10-7-18-37-20-21-38-19-17-31-26(33)15-16-27(31)34;1-19(14-11-9-13(10-12-14)16(20)17(21)22)18(23)24-15-7-5-3-2-4-6-8-15/h5,8,11-16,24,28,35H,2-4,6-7,9-10,17-21H2,1H3;5,7,9-12,15-16,20H,2-4,6,8H2,1H3,(H,21,22)/b8-5+;7-5+/t24-,28+;15-,16+/m00/s1. The Labute approximate surface area is 368 Å². The largest absolute Gasteiger partial charge is 0.479 e. The van der Waals surface area contributed by atoms with Crippen LogP contribution in [0.15, 0.2) is 85.0 Å². The molecule has 5 rings (SSSR count). The van der Waals surface area contributed by atoms with E-state index in [2.05, 4.69) is 12.2 Å². The van der Waals surface area contributed by atoms with Crippen LogP contribution in [0.4, 0.5) is 21.0 Å². The summed E-state index contributed by atoms with van der Waals surface area (Å²) in [5.41, 5.74) is 1.88. The SMILES string of the molecule is CN(C(=O)O[C@H]1/C=C/CCCCC1)c1ccc([C@@H](O)C(=O)CCCOCCOCCN2C(=O)C=CC2=O)cc1.CN(C(=O)O[C@H]1/C=C/CCCCC1)c1ccc([C@@H](O)C(=O)O)cc1. The topological polar surface area (TPSA) is 210 Å². The lowest BCUT2D eigenvalue weighted by Crippen LogP contribution is -2.33. The van der Waals surface area contributed by atoms with Crippen LogP contribution in [-0.2, 0) is 38.1 Å². The first-order chi connectivity index (χ1) is 30.3. The molecule has 0 aromatic heterocycles. The van der Waals surface area contributed by atoms with Gasteiger partial charge in [0.1, 0.15) is 18.3 Å². The van der Waals surface area contributed by atoms with Gasteiger partial charge in [-0.1, -0.05) is 49.3 Å². The summed E-state index contributed by atoms with van der Waals surface area (Å²) in [4.78, 5) is 74.8. The van der Waals surface area contributed by atoms with Crippen LogP contribution in [0, 0.1) is 0 Å². The number of Topliss-reactive ketones (excluding diaryl/α,β-unsaturated/α-hetero) is 1. The maximum Gasteiger partial charge on any atom is 0.414 e. The number of aliphatic hydroxyl groups is 2. The first kappa shape index (κ1) is 50.0. The van der Waals surface area contributed by atoms with Crippen LogP contribution in [0.2, 0.25) is 0 Å². The summed E-state index contributed by atoms with van der Waals surface area (Å²) in [6.45, 7) is 1.35. The van der Waals surface area contributed by atoms with Gasteiger partial charge in [-0.3, -0.25) is 29.1 Å². The van der Waals surface area contributed by atoms with Crippen molar-refractivity contribution in [1.29, 1.82) is 0 Å². The molecule has 0 bridgehead atoms. The molecule has 1 aliphatic heterocycles. The highest BCUT2D eigenvalue weighted by atomic mass is 16.6. The van der Waals surface area contributed by atoms with E-state index in [0.717, 1.165) is 62.7 Å². The van der Waals surface area contributed by atoms with E-state index >= 15 is 0 Å². The number of ether oxygens (including phenoxy) is 4. The lowest BCUT2D eigenvalue weighted by Gasteiger charge is -2.22. The lowest BCUT2D eigenvalue weighted by atomic mass is 10.0. The zero-order valence-corrected chi connectivity index (χ0v) is 36.2. The number of hydrogen-bond acceptors (Lipinski definition) is 12. The molecule has 0 radical (unpaired) electrons. The Morgan fingerprint density at radius 1 is 0.651 bits per heavy atom. The fraction of sp³-hybridized carbons (Fsp3) is 0.489. The van der Waals surface area contributed by atoms with Gasteiger partial charge in [-0.25, -0.2) is 14.4 Å². The molecule has 1 heterocycles. The normalized spacial score (nSPS) is 19.5. The predicted molar refractivity (Wildman–Crippen MR) is 234 cm³/mol. The van der Waals surface area contributed by atoms with Gasteiger partial charge in [-0.05, 0) is 105 Å². The molecular weight excluding hydrogens is 815 g/mol. The molecule has 2 aromatic carbocycles. The number of ketones is 1. The van der Waals surface area contributed by atoms with Crippen LogP contribution in [0.5, 0.6) is 0 Å². The van der Waals surface area contributed by atoms with Crippen molar-refractivity contribution < 1.29 is 63.0 Å². The summed E-state index contributed by atoms with van der Waals surface area (Å²) in [5, 5.41) is 28.7. The number of carbonyl (C=O) groups is 6. The van der Waals surface area contributed by atoms with Crippen LogP contribution in [0.3, 0.4) is 0 Å². The van der Waals surface area contributed by atoms with Gasteiger partial charge >= 0.3 is 18.2 Å². The van der Waals surface area contributed by atoms with E-state index in [1.54, 1.807) is 50.5 Å². The molecular formula is C47H61N3O13. The summed E-state index contributed by atoms with van der Waals surface area (Å²) in [6, 6.07) is 12.7. The van der Waals surface area contributed by atoms with E-state index in [1.165, 1.54) is 40.5 Å². The molecule has 2 aromatic rings. The molecule has 0 spiro atoms. The van der Waals surface area contributed by atoms with Gasteiger partial charge in [0, 0.05) is 50.6 Å². The van der Waals surface area contributed by atoms with Gasteiger partial charge in [0.05, 0.1) is 26.4 Å². The molecule has 0 fully saturated rings. The van der Waals surface area contributed by atoms with Crippen molar-refractivity contribution in [2.24, 2.45) is 0 Å². The Morgan fingerprint density at radius 3 is 1.59 bits per heavy atom. The fourth-order valence-electron chi connectivity index (χ4n) is 6.79. The molecule has 2 aliphatic carbocycles. The molecule has 0 saturated carbocycles. The van der Waals surface area contributed by atoms with Crippen molar-refractivity contribution in [3.63, 3.8) is 0 Å². The molecule has 4 amide bonds.